The van der Waals surface area contributed by atoms with Gasteiger partial charge in [-0.15, -0.1) is 0 Å². The van der Waals surface area contributed by atoms with Crippen LogP contribution in [0.3, 0.4) is 0 Å². The minimum atomic E-state index is -0.761. The molecule has 17 nitrogen and oxygen atoms in total. The fourth-order valence-electron chi connectivity index (χ4n) is 8.21. The van der Waals surface area contributed by atoms with E-state index in [-0.39, 0.29) is 41.4 Å². The summed E-state index contributed by atoms with van der Waals surface area (Å²) >= 11 is 0. The summed E-state index contributed by atoms with van der Waals surface area (Å²) in [6.45, 7) is 8.50. The number of H-pyrrole nitrogens is 2. The lowest BCUT2D eigenvalue weighted by Crippen LogP contribution is -2.51. The Labute approximate surface area is 340 Å². The molecule has 2 fully saturated rings. The number of rotatable bonds is 11. The lowest BCUT2D eigenvalue weighted by molar-refractivity contribution is -0.384. The second-order valence-corrected chi connectivity index (χ2v) is 15.8. The summed E-state index contributed by atoms with van der Waals surface area (Å²) < 4.78 is 9.50. The third-order valence-electron chi connectivity index (χ3n) is 11.3. The maximum atomic E-state index is 13.7. The Morgan fingerprint density at radius 3 is 1.61 bits per heavy atom. The molecule has 0 bridgehead atoms. The number of hydrogen-bond donors (Lipinski definition) is 4. The Bertz CT molecular complexity index is 2420. The molecule has 2 aliphatic heterocycles. The molecule has 2 aromatic heterocycles. The molecule has 0 aliphatic carbocycles. The van der Waals surface area contributed by atoms with Crippen LogP contribution in [0.2, 0.25) is 0 Å². The van der Waals surface area contributed by atoms with Gasteiger partial charge in [-0.1, -0.05) is 45.9 Å². The molecule has 4 amide bonds. The molecule has 59 heavy (non-hydrogen) atoms. The van der Waals surface area contributed by atoms with E-state index in [1.54, 1.807) is 34.1 Å². The number of methoxy groups -OCH3 is 2. The SMILES string of the molecule is COC(=O)N[C@H](C(=O)N1CCC[C@H]1c1nc2ccc(-c3ccc(-c4ccc5nc([C@@H]6CCCN6C(=O)[C@@H](NC(=O)OC)C(C)C)[nH]c5c4)c([N+](=O)[O-])c3)cc2[nH]1)C(C)C. The number of nitrogens with zero attached hydrogens (tertiary/aromatic N) is 5. The molecule has 2 aliphatic rings. The van der Waals surface area contributed by atoms with Crippen LogP contribution < -0.4 is 10.6 Å². The zero-order valence-corrected chi connectivity index (χ0v) is 33.9. The van der Waals surface area contributed by atoms with Crippen LogP contribution in [0.25, 0.3) is 44.3 Å². The molecule has 0 unspecified atom stereocenters. The van der Waals surface area contributed by atoms with Gasteiger partial charge in [-0.05, 0) is 84.5 Å². The maximum Gasteiger partial charge on any atom is 0.407 e. The van der Waals surface area contributed by atoms with Crippen molar-refractivity contribution in [3.8, 4) is 22.3 Å². The Balaban J connectivity index is 1.13. The van der Waals surface area contributed by atoms with Crippen molar-refractivity contribution in [3.63, 3.8) is 0 Å². The van der Waals surface area contributed by atoms with Gasteiger partial charge in [0.15, 0.2) is 0 Å². The van der Waals surface area contributed by atoms with Crippen molar-refractivity contribution in [2.45, 2.75) is 77.5 Å². The minimum Gasteiger partial charge on any atom is -0.453 e. The highest BCUT2D eigenvalue weighted by Gasteiger charge is 2.39. The zero-order valence-electron chi connectivity index (χ0n) is 33.9. The molecule has 310 valence electrons. The van der Waals surface area contributed by atoms with Gasteiger partial charge in [0.2, 0.25) is 11.8 Å². The average Bonchev–Trinajstić information content (AvgIpc) is 4.05. The van der Waals surface area contributed by atoms with E-state index in [0.717, 1.165) is 23.9 Å². The standard InChI is InChI=1S/C42H49N9O8/c1-22(2)35(47-41(54)58-5)39(52)49-17-7-9-32(49)37-43-28-15-12-24(19-30(28)45-37)25-11-14-27(34(21-25)51(56)57)26-13-16-29-31(20-26)46-38(44-29)33-10-8-18-50(33)40(53)36(23(3)4)48-42(55)59-6/h11-16,19-23,32-33,35-36H,7-10,17-18H2,1-6H3,(H,43,45)(H,44,46)(H,47,54)(H,48,55)/t32-,33-,35-,36-/m0/s1. The quantitative estimate of drug-likeness (QED) is 0.0811. The molecule has 17 heteroatoms. The second kappa shape index (κ2) is 16.8. The van der Waals surface area contributed by atoms with E-state index in [4.69, 9.17) is 19.4 Å². The molecule has 7 rings (SSSR count). The van der Waals surface area contributed by atoms with E-state index in [0.29, 0.717) is 70.8 Å². The number of imidazole rings is 2. The molecule has 4 N–H and O–H groups in total. The van der Waals surface area contributed by atoms with Crippen LogP contribution in [0.1, 0.15) is 77.1 Å². The number of carbonyl (C=O) groups excluding carboxylic acids is 4. The number of alkyl carbamates (subject to hydrolysis) is 2. The van der Waals surface area contributed by atoms with Gasteiger partial charge in [0.1, 0.15) is 23.7 Å². The van der Waals surface area contributed by atoms with Gasteiger partial charge in [-0.25, -0.2) is 19.6 Å². The molecule has 0 spiro atoms. The summed E-state index contributed by atoms with van der Waals surface area (Å²) in [6, 6.07) is 14.0. The number of nitro benzene ring substituents is 1. The number of aromatic amines is 2. The fourth-order valence-corrected chi connectivity index (χ4v) is 8.21. The highest BCUT2D eigenvalue weighted by Crippen LogP contribution is 2.38. The van der Waals surface area contributed by atoms with Crippen molar-refractivity contribution >= 4 is 51.8 Å². The summed E-state index contributed by atoms with van der Waals surface area (Å²) in [5.74, 6) is 0.493. The molecule has 2 saturated heterocycles. The average molecular weight is 808 g/mol. The number of fused-ring (bicyclic) bond motifs is 2. The van der Waals surface area contributed by atoms with E-state index in [2.05, 4.69) is 20.6 Å². The number of carbonyl (C=O) groups is 4. The Morgan fingerprint density at radius 1 is 0.712 bits per heavy atom. The van der Waals surface area contributed by atoms with E-state index in [1.165, 1.54) is 14.2 Å². The predicted octanol–water partition coefficient (Wildman–Crippen LogP) is 6.77. The normalized spacial score (nSPS) is 17.8. The number of nitro groups is 1. The number of aromatic nitrogens is 4. The van der Waals surface area contributed by atoms with Gasteiger partial charge < -0.3 is 39.9 Å². The molecule has 0 saturated carbocycles. The second-order valence-electron chi connectivity index (χ2n) is 15.8. The van der Waals surface area contributed by atoms with Crippen molar-refractivity contribution in [2.24, 2.45) is 11.8 Å². The first-order valence-electron chi connectivity index (χ1n) is 19.9. The van der Waals surface area contributed by atoms with E-state index in [1.807, 2.05) is 58.0 Å². The van der Waals surface area contributed by atoms with Gasteiger partial charge in [0.25, 0.3) is 5.69 Å². The van der Waals surface area contributed by atoms with E-state index >= 15 is 0 Å². The van der Waals surface area contributed by atoms with Crippen LogP contribution in [0.15, 0.2) is 54.6 Å². The van der Waals surface area contributed by atoms with Gasteiger partial charge >= 0.3 is 12.2 Å². The highest BCUT2D eigenvalue weighted by molar-refractivity contribution is 5.90. The van der Waals surface area contributed by atoms with Gasteiger partial charge in [0.05, 0.1) is 58.9 Å². The molecule has 5 aromatic rings. The van der Waals surface area contributed by atoms with Crippen LogP contribution in [0.5, 0.6) is 0 Å². The summed E-state index contributed by atoms with van der Waals surface area (Å²) in [4.78, 5) is 83.4. The number of benzene rings is 3. The van der Waals surface area contributed by atoms with Gasteiger partial charge in [-0.3, -0.25) is 19.7 Å². The molecule has 4 atom stereocenters. The minimum absolute atomic E-state index is 0.0715. The Morgan fingerprint density at radius 2 is 1.15 bits per heavy atom. The van der Waals surface area contributed by atoms with E-state index < -0.39 is 29.2 Å². The largest absolute Gasteiger partial charge is 0.453 e. The number of hydrogen-bond acceptors (Lipinski definition) is 10. The zero-order chi connectivity index (χ0) is 42.1. The Hall–Kier alpha value is -6.52. The van der Waals surface area contributed by atoms with Crippen LogP contribution in [-0.4, -0.2) is 98.1 Å². The number of nitrogens with one attached hydrogen (secondary N) is 4. The smallest absolute Gasteiger partial charge is 0.407 e. The summed E-state index contributed by atoms with van der Waals surface area (Å²) in [5.41, 5.74) is 5.11. The van der Waals surface area contributed by atoms with Crippen molar-refractivity contribution < 1.29 is 33.6 Å². The third kappa shape index (κ3) is 8.13. The molecule has 3 aromatic carbocycles. The van der Waals surface area contributed by atoms with E-state index in [9.17, 15) is 29.3 Å². The number of likely N-dealkylation sites (tertiary alicyclic amines) is 2. The third-order valence-corrected chi connectivity index (χ3v) is 11.3. The lowest BCUT2D eigenvalue weighted by Gasteiger charge is -2.29. The van der Waals surface area contributed by atoms with Crippen LogP contribution in [0, 0.1) is 22.0 Å². The van der Waals surface area contributed by atoms with Crippen molar-refractivity contribution in [3.05, 3.63) is 76.4 Å². The molecule has 0 radical (unpaired) electrons. The van der Waals surface area contributed by atoms with Crippen molar-refractivity contribution in [2.75, 3.05) is 27.3 Å². The predicted molar refractivity (Wildman–Crippen MR) is 219 cm³/mol. The lowest BCUT2D eigenvalue weighted by atomic mass is 9.98. The summed E-state index contributed by atoms with van der Waals surface area (Å²) in [6.07, 6.45) is 1.60. The van der Waals surface area contributed by atoms with Crippen molar-refractivity contribution in [1.82, 2.24) is 40.4 Å². The number of amides is 4. The van der Waals surface area contributed by atoms with Crippen LogP contribution >= 0.6 is 0 Å². The van der Waals surface area contributed by atoms with Crippen molar-refractivity contribution in [1.29, 1.82) is 0 Å². The van der Waals surface area contributed by atoms with Crippen LogP contribution in [-0.2, 0) is 19.1 Å². The molecular formula is C42H49N9O8. The maximum absolute atomic E-state index is 13.7. The Kier molecular flexibility index (Phi) is 11.6. The molecular weight excluding hydrogens is 759 g/mol. The summed E-state index contributed by atoms with van der Waals surface area (Å²) in [5, 5.41) is 17.9. The topological polar surface area (TPSA) is 218 Å². The highest BCUT2D eigenvalue weighted by atomic mass is 16.6. The summed E-state index contributed by atoms with van der Waals surface area (Å²) in [7, 11) is 2.52. The number of ether oxygens (including phenoxy) is 2. The first-order valence-corrected chi connectivity index (χ1v) is 19.9. The van der Waals surface area contributed by atoms with Gasteiger partial charge in [-0.2, -0.15) is 0 Å². The fraction of sp³-hybridized carbons (Fsp3) is 0.429. The first-order chi connectivity index (χ1) is 28.3. The monoisotopic (exact) mass is 807 g/mol. The molecule has 4 heterocycles. The van der Waals surface area contributed by atoms with Crippen LogP contribution in [0.4, 0.5) is 15.3 Å². The first kappa shape index (κ1) is 40.7. The van der Waals surface area contributed by atoms with Gasteiger partial charge in [0, 0.05) is 19.2 Å².